The van der Waals surface area contributed by atoms with Gasteiger partial charge in [-0.3, -0.25) is 0 Å². The van der Waals surface area contributed by atoms with Crippen LogP contribution in [0, 0.1) is 10.5 Å². The molecule has 0 amide bonds. The molecule has 9 heteroatoms. The molecular weight excluding hydrogens is 481 g/mol. The quantitative estimate of drug-likeness (QED) is 0.568. The average molecular weight is 498 g/mol. The molecule has 0 spiro atoms. The van der Waals surface area contributed by atoms with E-state index in [1.54, 1.807) is 23.4 Å². The molecule has 0 radical (unpaired) electrons. The molecule has 1 aromatic carbocycles. The number of halogens is 2. The topological polar surface area (TPSA) is 55.2 Å². The Balaban J connectivity index is 2.36. The van der Waals surface area contributed by atoms with Crippen molar-refractivity contribution in [1.29, 1.82) is 0 Å². The molecule has 0 aliphatic carbocycles. The first kappa shape index (κ1) is 19.6. The van der Waals surface area contributed by atoms with E-state index < -0.39 is 10.0 Å². The normalized spacial score (nSPS) is 12.0. The molecule has 0 aliphatic rings. The smallest absolute Gasteiger partial charge is 0.258 e. The van der Waals surface area contributed by atoms with Crippen molar-refractivity contribution in [3.63, 3.8) is 0 Å². The van der Waals surface area contributed by atoms with Crippen LogP contribution in [0.2, 0.25) is 5.02 Å². The van der Waals surface area contributed by atoms with E-state index in [9.17, 15) is 8.42 Å². The van der Waals surface area contributed by atoms with E-state index in [1.807, 2.05) is 39.2 Å². The maximum atomic E-state index is 12.6. The lowest BCUT2D eigenvalue weighted by Gasteiger charge is -2.10. The fourth-order valence-electron chi connectivity index (χ4n) is 1.84. The van der Waals surface area contributed by atoms with E-state index in [2.05, 4.69) is 27.7 Å². The molecule has 0 bridgehead atoms. The summed E-state index contributed by atoms with van der Waals surface area (Å²) in [4.78, 5) is 2.69. The molecule has 2 aromatic rings. The number of benzene rings is 1. The largest absolute Gasteiger partial charge is 0.384 e. The van der Waals surface area contributed by atoms with Crippen molar-refractivity contribution in [3.05, 3.63) is 50.8 Å². The Labute approximate surface area is 165 Å². The zero-order valence-electron chi connectivity index (χ0n) is 13.4. The zero-order valence-corrected chi connectivity index (χ0v) is 17.9. The molecule has 0 aliphatic heterocycles. The van der Waals surface area contributed by atoms with Gasteiger partial charge in [-0.1, -0.05) is 35.5 Å². The van der Waals surface area contributed by atoms with Gasteiger partial charge in [-0.05, 0) is 53.4 Å². The van der Waals surface area contributed by atoms with Crippen LogP contribution >= 0.6 is 46.0 Å². The number of hydrogen-bond acceptors (Lipinski definition) is 5. The van der Waals surface area contributed by atoms with Gasteiger partial charge in [0.05, 0.1) is 15.5 Å². The maximum Gasteiger partial charge on any atom is 0.258 e. The molecule has 1 heterocycles. The lowest BCUT2D eigenvalue weighted by Crippen LogP contribution is -2.18. The second-order valence-corrected chi connectivity index (χ2v) is 9.68. The third kappa shape index (κ3) is 4.68. The highest BCUT2D eigenvalue weighted by atomic mass is 127. The molecule has 0 saturated carbocycles. The summed E-state index contributed by atoms with van der Waals surface area (Å²) in [5, 5.41) is 5.27. The summed E-state index contributed by atoms with van der Waals surface area (Å²) in [6.45, 7) is 1.91. The fourth-order valence-corrected chi connectivity index (χ4v) is 5.27. The molecule has 1 aromatic heterocycles. The molecular formula is C15H17ClIN3O2S2. The molecule has 5 nitrogen and oxygen atoms in total. The van der Waals surface area contributed by atoms with Gasteiger partial charge in [0.25, 0.3) is 10.0 Å². The van der Waals surface area contributed by atoms with Crippen LogP contribution in [0.5, 0.6) is 0 Å². The van der Waals surface area contributed by atoms with Crippen LogP contribution in [0.3, 0.4) is 0 Å². The van der Waals surface area contributed by atoms with Crippen molar-refractivity contribution < 1.29 is 8.42 Å². The minimum absolute atomic E-state index is 0.120. The number of nitrogens with zero attached hydrogens (tertiary/aromatic N) is 3. The van der Waals surface area contributed by atoms with E-state index >= 15 is 0 Å². The standard InChI is InChI=1S/C15H17ClIN3O2S2/c1-11-12(16)6-4-7-14(11)23-15-13(17)10-18-20(15)24(21,22)9-5-8-19(2)3/h4-8,10H,9H2,1-3H3. The Morgan fingerprint density at radius 2 is 2.12 bits per heavy atom. The maximum absolute atomic E-state index is 12.6. The predicted molar refractivity (Wildman–Crippen MR) is 107 cm³/mol. The highest BCUT2D eigenvalue weighted by Crippen LogP contribution is 2.36. The highest BCUT2D eigenvalue weighted by Gasteiger charge is 2.21. The molecule has 2 rings (SSSR count). The Hall–Kier alpha value is -0.710. The van der Waals surface area contributed by atoms with Crippen molar-refractivity contribution in [2.45, 2.75) is 16.8 Å². The third-order valence-electron chi connectivity index (χ3n) is 3.05. The minimum atomic E-state index is -3.58. The SMILES string of the molecule is Cc1c(Cl)cccc1Sc1c(I)cnn1S(=O)(=O)CC=CN(C)C. The van der Waals surface area contributed by atoms with Gasteiger partial charge in [-0.25, -0.2) is 8.42 Å². The van der Waals surface area contributed by atoms with Gasteiger partial charge in [0.15, 0.2) is 0 Å². The Morgan fingerprint density at radius 3 is 2.79 bits per heavy atom. The second kappa shape index (κ2) is 8.11. The number of rotatable bonds is 6. The first-order chi connectivity index (χ1) is 11.2. The van der Waals surface area contributed by atoms with Crippen molar-refractivity contribution in [1.82, 2.24) is 14.1 Å². The van der Waals surface area contributed by atoms with Gasteiger partial charge in [-0.2, -0.15) is 5.10 Å². The van der Waals surface area contributed by atoms with Crippen LogP contribution in [0.25, 0.3) is 0 Å². The monoisotopic (exact) mass is 497 g/mol. The van der Waals surface area contributed by atoms with Gasteiger partial charge < -0.3 is 4.90 Å². The molecule has 0 N–H and O–H groups in total. The summed E-state index contributed by atoms with van der Waals surface area (Å²) in [5.74, 6) is -0.120. The predicted octanol–water partition coefficient (Wildman–Crippen LogP) is 3.85. The molecule has 130 valence electrons. The van der Waals surface area contributed by atoms with Crippen LogP contribution in [0.1, 0.15) is 5.56 Å². The van der Waals surface area contributed by atoms with Crippen LogP contribution in [0.4, 0.5) is 0 Å². The summed E-state index contributed by atoms with van der Waals surface area (Å²) in [5.41, 5.74) is 0.914. The first-order valence-corrected chi connectivity index (χ1v) is 10.8. The lowest BCUT2D eigenvalue weighted by molar-refractivity contribution is 0.560. The van der Waals surface area contributed by atoms with E-state index in [-0.39, 0.29) is 5.75 Å². The zero-order chi connectivity index (χ0) is 17.9. The fraction of sp³-hybridized carbons (Fsp3) is 0.267. The number of hydrogen-bond donors (Lipinski definition) is 0. The van der Waals surface area contributed by atoms with Crippen molar-refractivity contribution in [2.75, 3.05) is 19.8 Å². The van der Waals surface area contributed by atoms with Gasteiger partial charge in [0, 0.05) is 24.0 Å². The Bertz CT molecular complexity index is 864. The second-order valence-electron chi connectivity index (χ2n) is 5.23. The average Bonchev–Trinajstić information content (AvgIpc) is 2.85. The van der Waals surface area contributed by atoms with Gasteiger partial charge >= 0.3 is 0 Å². The van der Waals surface area contributed by atoms with Gasteiger partial charge in [0.2, 0.25) is 0 Å². The van der Waals surface area contributed by atoms with Crippen LogP contribution in [0.15, 0.2) is 46.6 Å². The minimum Gasteiger partial charge on any atom is -0.384 e. The summed E-state index contributed by atoms with van der Waals surface area (Å²) in [6, 6.07) is 5.57. The summed E-state index contributed by atoms with van der Waals surface area (Å²) < 4.78 is 27.0. The molecule has 0 fully saturated rings. The van der Waals surface area contributed by atoms with Gasteiger partial charge in [-0.15, -0.1) is 4.09 Å². The lowest BCUT2D eigenvalue weighted by atomic mass is 10.2. The summed E-state index contributed by atoms with van der Waals surface area (Å²) >= 11 is 9.59. The Kier molecular flexibility index (Phi) is 6.63. The Morgan fingerprint density at radius 1 is 1.42 bits per heavy atom. The van der Waals surface area contributed by atoms with Crippen molar-refractivity contribution >= 4 is 56.0 Å². The van der Waals surface area contributed by atoms with Gasteiger partial charge in [0.1, 0.15) is 5.03 Å². The molecule has 0 atom stereocenters. The van der Waals surface area contributed by atoms with Crippen LogP contribution in [-0.4, -0.2) is 42.4 Å². The summed E-state index contributed by atoms with van der Waals surface area (Å²) in [7, 11) is 0.0976. The molecule has 24 heavy (non-hydrogen) atoms. The third-order valence-corrected chi connectivity index (χ3v) is 7.40. The van der Waals surface area contributed by atoms with E-state index in [4.69, 9.17) is 11.6 Å². The molecule has 0 unspecified atom stereocenters. The number of aromatic nitrogens is 2. The van der Waals surface area contributed by atoms with E-state index in [0.29, 0.717) is 10.0 Å². The summed E-state index contributed by atoms with van der Waals surface area (Å²) in [6.07, 6.45) is 4.86. The van der Waals surface area contributed by atoms with E-state index in [0.717, 1.165) is 18.1 Å². The first-order valence-electron chi connectivity index (χ1n) is 6.95. The van der Waals surface area contributed by atoms with Crippen LogP contribution in [-0.2, 0) is 10.0 Å². The van der Waals surface area contributed by atoms with Crippen molar-refractivity contribution in [2.24, 2.45) is 0 Å². The highest BCUT2D eigenvalue weighted by molar-refractivity contribution is 14.1. The van der Waals surface area contributed by atoms with Crippen LogP contribution < -0.4 is 0 Å². The van der Waals surface area contributed by atoms with Crippen molar-refractivity contribution in [3.8, 4) is 0 Å². The molecule has 0 saturated heterocycles. The van der Waals surface area contributed by atoms with E-state index in [1.165, 1.54) is 11.8 Å².